The summed E-state index contributed by atoms with van der Waals surface area (Å²) in [6.07, 6.45) is 1.47. The minimum atomic E-state index is -0.966. The molecule has 1 N–H and O–H groups in total. The molecule has 0 aromatic heterocycles. The minimum Gasteiger partial charge on any atom is -0.485 e. The number of ether oxygens (including phenoxy) is 1. The van der Waals surface area contributed by atoms with Crippen molar-refractivity contribution in [2.45, 2.75) is 38.9 Å². The van der Waals surface area contributed by atoms with Crippen LogP contribution in [0.2, 0.25) is 0 Å². The van der Waals surface area contributed by atoms with E-state index in [-0.39, 0.29) is 0 Å². The quantitative estimate of drug-likeness (QED) is 0.644. The van der Waals surface area contributed by atoms with E-state index < -0.39 is 11.2 Å². The number of hydrogen-bond acceptors (Lipinski definition) is 4. The van der Waals surface area contributed by atoms with Gasteiger partial charge in [0, 0.05) is 0 Å². The molecule has 1 aromatic rings. The molecule has 0 fully saturated rings. The van der Waals surface area contributed by atoms with Gasteiger partial charge in [0.15, 0.2) is 0 Å². The van der Waals surface area contributed by atoms with Crippen molar-refractivity contribution in [3.05, 3.63) is 24.3 Å². The molecule has 0 radical (unpaired) electrons. The summed E-state index contributed by atoms with van der Waals surface area (Å²) in [6, 6.07) is 6.70. The van der Waals surface area contributed by atoms with Crippen LogP contribution in [0.5, 0.6) is 5.75 Å². The first-order valence-electron chi connectivity index (χ1n) is 5.35. The Bertz CT molecular complexity index is 423. The Kier molecular flexibility index (Phi) is 3.71. The molecule has 0 saturated carbocycles. The number of benzene rings is 1. The van der Waals surface area contributed by atoms with Gasteiger partial charge in [-0.15, -0.1) is 0 Å². The van der Waals surface area contributed by atoms with E-state index in [1.165, 1.54) is 6.08 Å². The third-order valence-electron chi connectivity index (χ3n) is 2.86. The molecule has 0 aliphatic carbocycles. The Morgan fingerprint density at radius 2 is 1.71 bits per heavy atom. The van der Waals surface area contributed by atoms with Crippen molar-refractivity contribution in [3.63, 3.8) is 0 Å². The molecule has 17 heavy (non-hydrogen) atoms. The summed E-state index contributed by atoms with van der Waals surface area (Å²) in [5, 5.41) is 9.95. The molecule has 0 spiro atoms. The zero-order valence-corrected chi connectivity index (χ0v) is 10.5. The van der Waals surface area contributed by atoms with E-state index in [9.17, 15) is 9.90 Å². The zero-order chi connectivity index (χ0) is 13.1. The summed E-state index contributed by atoms with van der Waals surface area (Å²) in [6.45, 7) is 7.01. The Labute approximate surface area is 101 Å². The molecule has 4 heteroatoms. The fourth-order valence-electron chi connectivity index (χ4n) is 1.06. The van der Waals surface area contributed by atoms with Crippen molar-refractivity contribution in [2.24, 2.45) is 4.99 Å². The second-order valence-corrected chi connectivity index (χ2v) is 4.87. The highest BCUT2D eigenvalue weighted by Gasteiger charge is 2.37. The Hall–Kier alpha value is -1.64. The number of isocyanates is 1. The van der Waals surface area contributed by atoms with Gasteiger partial charge in [0.1, 0.15) is 11.4 Å². The van der Waals surface area contributed by atoms with Crippen LogP contribution in [-0.2, 0) is 4.79 Å². The van der Waals surface area contributed by atoms with Crippen molar-refractivity contribution in [3.8, 4) is 5.75 Å². The van der Waals surface area contributed by atoms with Crippen molar-refractivity contribution >= 4 is 11.8 Å². The van der Waals surface area contributed by atoms with E-state index in [0.717, 1.165) is 0 Å². The maximum absolute atomic E-state index is 10.1. The van der Waals surface area contributed by atoms with Crippen LogP contribution in [0.4, 0.5) is 5.69 Å². The predicted molar refractivity (Wildman–Crippen MR) is 65.2 cm³/mol. The van der Waals surface area contributed by atoms with E-state index in [2.05, 4.69) is 4.99 Å². The fraction of sp³-hybridized carbons (Fsp3) is 0.462. The van der Waals surface area contributed by atoms with Gasteiger partial charge in [-0.05, 0) is 52.0 Å². The molecule has 1 aromatic carbocycles. The molecule has 0 unspecified atom stereocenters. The molecule has 0 atom stereocenters. The predicted octanol–water partition coefficient (Wildman–Crippen LogP) is 2.58. The lowest BCUT2D eigenvalue weighted by Crippen LogP contribution is -2.49. The van der Waals surface area contributed by atoms with Crippen LogP contribution in [0.25, 0.3) is 0 Å². The highest BCUT2D eigenvalue weighted by Crippen LogP contribution is 2.28. The number of nitrogens with zero attached hydrogens (tertiary/aromatic N) is 1. The van der Waals surface area contributed by atoms with E-state index in [1.54, 1.807) is 38.1 Å². The van der Waals surface area contributed by atoms with Crippen molar-refractivity contribution in [1.29, 1.82) is 0 Å². The summed E-state index contributed by atoms with van der Waals surface area (Å²) in [4.78, 5) is 13.5. The van der Waals surface area contributed by atoms with Gasteiger partial charge in [0.2, 0.25) is 6.08 Å². The molecular formula is C13H17NO3. The van der Waals surface area contributed by atoms with Crippen LogP contribution in [0.1, 0.15) is 27.7 Å². The van der Waals surface area contributed by atoms with Gasteiger partial charge in [-0.1, -0.05) is 0 Å². The first-order chi connectivity index (χ1) is 7.76. The Morgan fingerprint density at radius 1 is 1.18 bits per heavy atom. The molecular weight excluding hydrogens is 218 g/mol. The molecule has 4 nitrogen and oxygen atoms in total. The maximum atomic E-state index is 10.1. The van der Waals surface area contributed by atoms with Gasteiger partial charge in [-0.25, -0.2) is 4.79 Å². The lowest BCUT2D eigenvalue weighted by molar-refractivity contribution is -0.0906. The molecule has 0 amide bonds. The van der Waals surface area contributed by atoms with E-state index in [1.807, 2.05) is 13.8 Å². The maximum Gasteiger partial charge on any atom is 0.240 e. The van der Waals surface area contributed by atoms with Crippen LogP contribution in [0.15, 0.2) is 29.3 Å². The normalized spacial score (nSPS) is 11.8. The Morgan fingerprint density at radius 3 is 2.12 bits per heavy atom. The molecule has 0 saturated heterocycles. The molecule has 0 aliphatic rings. The summed E-state index contributed by atoms with van der Waals surface area (Å²) in [5.41, 5.74) is -1.16. The monoisotopic (exact) mass is 235 g/mol. The van der Waals surface area contributed by atoms with Crippen LogP contribution >= 0.6 is 0 Å². The van der Waals surface area contributed by atoms with E-state index in [0.29, 0.717) is 11.4 Å². The van der Waals surface area contributed by atoms with Crippen LogP contribution in [0.3, 0.4) is 0 Å². The van der Waals surface area contributed by atoms with Gasteiger partial charge in [0.25, 0.3) is 0 Å². The number of aliphatic hydroxyl groups is 1. The standard InChI is InChI=1S/C13H17NO3/c1-12(2,16)13(3,4)17-11-7-5-10(6-8-11)14-9-15/h5-8,16H,1-4H3. The van der Waals surface area contributed by atoms with Gasteiger partial charge in [0.05, 0.1) is 11.3 Å². The topological polar surface area (TPSA) is 58.9 Å². The zero-order valence-electron chi connectivity index (χ0n) is 10.5. The van der Waals surface area contributed by atoms with Crippen molar-refractivity contribution in [2.75, 3.05) is 0 Å². The summed E-state index contributed by atoms with van der Waals surface area (Å²) in [7, 11) is 0. The van der Waals surface area contributed by atoms with Gasteiger partial charge < -0.3 is 9.84 Å². The first-order valence-corrected chi connectivity index (χ1v) is 5.35. The SMILES string of the molecule is CC(C)(O)C(C)(C)Oc1ccc(N=C=O)cc1. The average molecular weight is 235 g/mol. The average Bonchev–Trinajstić information content (AvgIpc) is 2.19. The molecule has 0 heterocycles. The summed E-state index contributed by atoms with van der Waals surface area (Å²) >= 11 is 0. The molecule has 0 aliphatic heterocycles. The lowest BCUT2D eigenvalue weighted by atomic mass is 9.89. The van der Waals surface area contributed by atoms with Crippen LogP contribution < -0.4 is 4.74 Å². The number of aliphatic imine (C=N–C) groups is 1. The second kappa shape index (κ2) is 4.70. The van der Waals surface area contributed by atoms with E-state index in [4.69, 9.17) is 4.74 Å². The third kappa shape index (κ3) is 3.41. The van der Waals surface area contributed by atoms with Crippen LogP contribution in [0, 0.1) is 0 Å². The lowest BCUT2D eigenvalue weighted by Gasteiger charge is -2.37. The second-order valence-electron chi connectivity index (χ2n) is 4.87. The van der Waals surface area contributed by atoms with Gasteiger partial charge >= 0.3 is 0 Å². The summed E-state index contributed by atoms with van der Waals surface area (Å²) < 4.78 is 5.71. The van der Waals surface area contributed by atoms with Gasteiger partial charge in [-0.2, -0.15) is 4.99 Å². The molecule has 92 valence electrons. The molecule has 0 bridgehead atoms. The number of rotatable bonds is 4. The van der Waals surface area contributed by atoms with E-state index >= 15 is 0 Å². The fourth-order valence-corrected chi connectivity index (χ4v) is 1.06. The highest BCUT2D eigenvalue weighted by atomic mass is 16.5. The Balaban J connectivity index is 2.86. The number of hydrogen-bond donors (Lipinski definition) is 1. The minimum absolute atomic E-state index is 0.522. The van der Waals surface area contributed by atoms with Crippen molar-refractivity contribution in [1.82, 2.24) is 0 Å². The smallest absolute Gasteiger partial charge is 0.240 e. The first kappa shape index (κ1) is 13.4. The summed E-state index contributed by atoms with van der Waals surface area (Å²) in [5.74, 6) is 0.613. The number of carbonyl (C=O) groups excluding carboxylic acids is 1. The van der Waals surface area contributed by atoms with Gasteiger partial charge in [-0.3, -0.25) is 0 Å². The highest BCUT2D eigenvalue weighted by molar-refractivity contribution is 5.50. The van der Waals surface area contributed by atoms with Crippen LogP contribution in [-0.4, -0.2) is 22.4 Å². The van der Waals surface area contributed by atoms with Crippen molar-refractivity contribution < 1.29 is 14.6 Å². The largest absolute Gasteiger partial charge is 0.485 e. The molecule has 1 rings (SSSR count). The third-order valence-corrected chi connectivity index (χ3v) is 2.86.